The number of anilines is 1. The fourth-order valence-electron chi connectivity index (χ4n) is 2.67. The molecule has 8 nitrogen and oxygen atoms in total. The molecule has 0 aliphatic heterocycles. The van der Waals surface area contributed by atoms with Crippen molar-refractivity contribution in [2.24, 2.45) is 5.92 Å². The van der Waals surface area contributed by atoms with Gasteiger partial charge in [0.25, 0.3) is 0 Å². The lowest BCUT2D eigenvalue weighted by Gasteiger charge is -2.18. The number of aliphatic hydroxyl groups is 3. The Kier molecular flexibility index (Phi) is 2.85. The summed E-state index contributed by atoms with van der Waals surface area (Å²) in [7, 11) is 0. The third-order valence-corrected chi connectivity index (χ3v) is 3.75. The van der Waals surface area contributed by atoms with Gasteiger partial charge in [-0.05, 0) is 6.42 Å². The Morgan fingerprint density at radius 3 is 2.74 bits per heavy atom. The molecule has 3 rings (SSSR count). The highest BCUT2D eigenvalue weighted by molar-refractivity contribution is 5.81. The number of fused-ring (bicyclic) bond motifs is 1. The standard InChI is InChI=1S/C11H15N5O3/c12-10-7-11(14-3-13-10)16(4-15-7)6-1-5(2-17)8(18)9(6)19/h3-6,8-9,17-19H,1-2H2,(H2,12,13,14)/t5-,6+,8-,9+/m1/s1. The molecule has 102 valence electrons. The van der Waals surface area contributed by atoms with Crippen molar-refractivity contribution in [1.29, 1.82) is 0 Å². The third kappa shape index (κ3) is 1.76. The minimum Gasteiger partial charge on any atom is -0.396 e. The molecule has 2 aromatic rings. The van der Waals surface area contributed by atoms with Gasteiger partial charge >= 0.3 is 0 Å². The number of rotatable bonds is 2. The molecule has 0 aromatic carbocycles. The van der Waals surface area contributed by atoms with Gasteiger partial charge in [0.05, 0.1) is 18.5 Å². The molecule has 0 bridgehead atoms. The highest BCUT2D eigenvalue weighted by Gasteiger charge is 2.42. The SMILES string of the molecule is Nc1ncnc2c1ncn2[C@H]1C[C@H](CO)[C@@H](O)[C@H]1O. The molecule has 8 heteroatoms. The lowest BCUT2D eigenvalue weighted by molar-refractivity contribution is -0.00370. The van der Waals surface area contributed by atoms with Crippen LogP contribution in [0.1, 0.15) is 12.5 Å². The molecular weight excluding hydrogens is 250 g/mol. The summed E-state index contributed by atoms with van der Waals surface area (Å²) in [5, 5.41) is 29.1. The van der Waals surface area contributed by atoms with E-state index < -0.39 is 12.2 Å². The van der Waals surface area contributed by atoms with Crippen LogP contribution in [0.4, 0.5) is 5.82 Å². The van der Waals surface area contributed by atoms with Crippen LogP contribution >= 0.6 is 0 Å². The molecule has 1 aliphatic rings. The quantitative estimate of drug-likeness (QED) is 0.530. The number of imidazole rings is 1. The van der Waals surface area contributed by atoms with Crippen molar-refractivity contribution in [1.82, 2.24) is 19.5 Å². The predicted molar refractivity (Wildman–Crippen MR) is 66.0 cm³/mol. The van der Waals surface area contributed by atoms with E-state index in [0.29, 0.717) is 17.6 Å². The first-order valence-corrected chi connectivity index (χ1v) is 6.03. The smallest absolute Gasteiger partial charge is 0.165 e. The van der Waals surface area contributed by atoms with Gasteiger partial charge in [0.15, 0.2) is 11.5 Å². The van der Waals surface area contributed by atoms with Gasteiger partial charge in [0.1, 0.15) is 17.9 Å². The normalized spacial score (nSPS) is 31.1. The molecule has 2 heterocycles. The largest absolute Gasteiger partial charge is 0.396 e. The minimum atomic E-state index is -0.967. The van der Waals surface area contributed by atoms with Crippen molar-refractivity contribution in [3.8, 4) is 0 Å². The number of aliphatic hydroxyl groups excluding tert-OH is 3. The fourth-order valence-corrected chi connectivity index (χ4v) is 2.67. The lowest BCUT2D eigenvalue weighted by atomic mass is 10.1. The average molecular weight is 265 g/mol. The number of hydrogen-bond donors (Lipinski definition) is 4. The van der Waals surface area contributed by atoms with E-state index in [4.69, 9.17) is 5.73 Å². The van der Waals surface area contributed by atoms with Gasteiger partial charge in [-0.1, -0.05) is 0 Å². The van der Waals surface area contributed by atoms with E-state index in [2.05, 4.69) is 15.0 Å². The van der Waals surface area contributed by atoms with Crippen molar-refractivity contribution in [3.63, 3.8) is 0 Å². The average Bonchev–Trinajstić information content (AvgIpc) is 2.94. The van der Waals surface area contributed by atoms with Crippen molar-refractivity contribution < 1.29 is 15.3 Å². The molecule has 5 N–H and O–H groups in total. The van der Waals surface area contributed by atoms with Crippen molar-refractivity contribution in [3.05, 3.63) is 12.7 Å². The van der Waals surface area contributed by atoms with Crippen LogP contribution in [0.2, 0.25) is 0 Å². The van der Waals surface area contributed by atoms with Gasteiger partial charge in [0.2, 0.25) is 0 Å². The zero-order valence-electron chi connectivity index (χ0n) is 10.1. The molecule has 1 aliphatic carbocycles. The van der Waals surface area contributed by atoms with Crippen LogP contribution in [0, 0.1) is 5.92 Å². The summed E-state index contributed by atoms with van der Waals surface area (Å²) in [5.41, 5.74) is 6.69. The minimum absolute atomic E-state index is 0.168. The molecule has 0 saturated heterocycles. The van der Waals surface area contributed by atoms with E-state index in [1.165, 1.54) is 12.7 Å². The first kappa shape index (κ1) is 12.3. The van der Waals surface area contributed by atoms with Crippen LogP contribution in [0.5, 0.6) is 0 Å². The summed E-state index contributed by atoms with van der Waals surface area (Å²) in [5.74, 6) is -0.0767. The van der Waals surface area contributed by atoms with Crippen LogP contribution in [0.15, 0.2) is 12.7 Å². The first-order chi connectivity index (χ1) is 9.13. The number of nitrogen functional groups attached to an aromatic ring is 1. The van der Waals surface area contributed by atoms with Gasteiger partial charge in [-0.3, -0.25) is 0 Å². The highest BCUT2D eigenvalue weighted by atomic mass is 16.3. The summed E-state index contributed by atoms with van der Waals surface area (Å²) in [6.07, 6.45) is 1.39. The first-order valence-electron chi connectivity index (χ1n) is 6.03. The molecule has 1 saturated carbocycles. The molecule has 1 fully saturated rings. The molecule has 2 aromatic heterocycles. The monoisotopic (exact) mass is 265 g/mol. The number of aromatic nitrogens is 4. The van der Waals surface area contributed by atoms with Crippen LogP contribution in [0.3, 0.4) is 0 Å². The fraction of sp³-hybridized carbons (Fsp3) is 0.545. The zero-order chi connectivity index (χ0) is 13.6. The second kappa shape index (κ2) is 4.41. The van der Waals surface area contributed by atoms with E-state index in [1.807, 2.05) is 0 Å². The van der Waals surface area contributed by atoms with Crippen molar-refractivity contribution >= 4 is 17.0 Å². The van der Waals surface area contributed by atoms with Crippen LogP contribution in [-0.2, 0) is 0 Å². The van der Waals surface area contributed by atoms with Crippen LogP contribution in [0.25, 0.3) is 11.2 Å². The number of nitrogens with two attached hydrogens (primary N) is 1. The van der Waals surface area contributed by atoms with E-state index in [9.17, 15) is 15.3 Å². The van der Waals surface area contributed by atoms with Crippen LogP contribution < -0.4 is 5.73 Å². The Balaban J connectivity index is 2.04. The maximum atomic E-state index is 10.1. The summed E-state index contributed by atoms with van der Waals surface area (Å²) < 4.78 is 1.68. The van der Waals surface area contributed by atoms with E-state index in [1.54, 1.807) is 4.57 Å². The lowest BCUT2D eigenvalue weighted by Crippen LogP contribution is -2.30. The number of nitrogens with zero attached hydrogens (tertiary/aromatic N) is 4. The van der Waals surface area contributed by atoms with Gasteiger partial charge < -0.3 is 25.6 Å². The maximum Gasteiger partial charge on any atom is 0.165 e. The summed E-state index contributed by atoms with van der Waals surface area (Å²) in [6, 6.07) is -0.383. The second-order valence-corrected chi connectivity index (χ2v) is 4.81. The summed E-state index contributed by atoms with van der Waals surface area (Å²) >= 11 is 0. The van der Waals surface area contributed by atoms with Gasteiger partial charge in [0, 0.05) is 12.5 Å². The van der Waals surface area contributed by atoms with E-state index in [0.717, 1.165) is 0 Å². The summed E-state index contributed by atoms with van der Waals surface area (Å²) in [6.45, 7) is -0.168. The summed E-state index contributed by atoms with van der Waals surface area (Å²) in [4.78, 5) is 12.1. The topological polar surface area (TPSA) is 130 Å². The Labute approximate surface area is 108 Å². The van der Waals surface area contributed by atoms with Gasteiger partial charge in [-0.25, -0.2) is 15.0 Å². The third-order valence-electron chi connectivity index (χ3n) is 3.75. The molecule has 0 unspecified atom stereocenters. The van der Waals surface area contributed by atoms with E-state index >= 15 is 0 Å². The Bertz CT molecular complexity index is 601. The molecule has 0 radical (unpaired) electrons. The van der Waals surface area contributed by atoms with Crippen molar-refractivity contribution in [2.45, 2.75) is 24.7 Å². The highest BCUT2D eigenvalue weighted by Crippen LogP contribution is 2.36. The molecule has 0 spiro atoms. The Hall–Kier alpha value is -1.77. The number of hydrogen-bond acceptors (Lipinski definition) is 7. The Morgan fingerprint density at radius 2 is 2.05 bits per heavy atom. The molecular formula is C11H15N5O3. The zero-order valence-corrected chi connectivity index (χ0v) is 10.1. The Morgan fingerprint density at radius 1 is 1.26 bits per heavy atom. The van der Waals surface area contributed by atoms with Gasteiger partial charge in [-0.15, -0.1) is 0 Å². The van der Waals surface area contributed by atoms with Crippen LogP contribution in [-0.4, -0.2) is 53.7 Å². The maximum absolute atomic E-state index is 10.1. The second-order valence-electron chi connectivity index (χ2n) is 4.81. The van der Waals surface area contributed by atoms with E-state index in [-0.39, 0.29) is 24.4 Å². The predicted octanol–water partition coefficient (Wildman–Crippen LogP) is -1.32. The van der Waals surface area contributed by atoms with Crippen molar-refractivity contribution in [2.75, 3.05) is 12.3 Å². The molecule has 4 atom stereocenters. The molecule has 0 amide bonds. The molecule has 19 heavy (non-hydrogen) atoms. The van der Waals surface area contributed by atoms with Gasteiger partial charge in [-0.2, -0.15) is 0 Å².